The Morgan fingerprint density at radius 3 is 1.48 bits per heavy atom. The lowest BCUT2D eigenvalue weighted by molar-refractivity contribution is 0.591. The lowest BCUT2D eigenvalue weighted by Gasteiger charge is -2.45. The van der Waals surface area contributed by atoms with E-state index in [1.165, 1.54) is 9.13 Å². The standard InChI is InChI=1S/C94H63BN4OS/c1-94(2,3)63-53-75(59-27-9-5-10-28-59)91(76(54-63)60-29-11-6-12-30-60)99-85-55-64(96-79-39-18-13-31-67(79)68-32-14-19-40-80(68)96)47-50-78(85)95-77-49-46-61(58-25-7-4-8-26-58)51-84(77)98(86-56-65(57-87(99)90(86)95)97-81-41-20-15-33-69(81)70-34-16-21-42-82(70)97)83-43-24-38-74-73-37-23-36-66(92(73)100-93(74)83)62-45-48-72-71-35-17-22-44-88(71)101-89(72)52-62/h4-57H,1-3H3/i4D,7D,8D,13D,14D,15D,16D,18D,19D,20D,21D,25D,26D,31D,32D,33D,34D,39D,40D,41D,42D. The Morgan fingerprint density at radius 1 is 0.337 bits per heavy atom. The van der Waals surface area contributed by atoms with Crippen molar-refractivity contribution >= 4 is 154 Å². The van der Waals surface area contributed by atoms with E-state index >= 15 is 0 Å². The molecule has 0 fully saturated rings. The third-order valence-corrected chi connectivity index (χ3v) is 21.3. The van der Waals surface area contributed by atoms with Gasteiger partial charge in [0.2, 0.25) is 0 Å². The fourth-order valence-electron chi connectivity index (χ4n) is 15.7. The van der Waals surface area contributed by atoms with E-state index in [0.717, 1.165) is 53.4 Å². The first kappa shape index (κ1) is 40.5. The van der Waals surface area contributed by atoms with Crippen LogP contribution in [0.1, 0.15) is 55.1 Å². The fraction of sp³-hybridized carbons (Fsp3) is 0.0426. The molecule has 7 heteroatoms. The van der Waals surface area contributed by atoms with Crippen molar-refractivity contribution in [2.75, 3.05) is 9.80 Å². The highest BCUT2D eigenvalue weighted by Gasteiger charge is 2.46. The summed E-state index contributed by atoms with van der Waals surface area (Å²) in [5.41, 5.74) is 9.46. The summed E-state index contributed by atoms with van der Waals surface area (Å²) in [6.07, 6.45) is 0. The number of hydrogen-bond donors (Lipinski definition) is 0. The molecule has 6 heterocycles. The number of aromatic nitrogens is 2. The van der Waals surface area contributed by atoms with Crippen LogP contribution in [0.3, 0.4) is 0 Å². The average molecular weight is 1330 g/mol. The summed E-state index contributed by atoms with van der Waals surface area (Å²) < 4.78 is 212. The van der Waals surface area contributed by atoms with Gasteiger partial charge in [0.15, 0.2) is 5.58 Å². The van der Waals surface area contributed by atoms with Gasteiger partial charge in [0.1, 0.15) is 5.58 Å². The Bertz CT molecular complexity index is 7750. The molecule has 101 heavy (non-hydrogen) atoms. The monoisotopic (exact) mass is 1330 g/mol. The molecule has 5 nitrogen and oxygen atoms in total. The van der Waals surface area contributed by atoms with Gasteiger partial charge in [0.25, 0.3) is 6.71 Å². The number of benzene rings is 15. The summed E-state index contributed by atoms with van der Waals surface area (Å²) in [6, 6.07) is 52.2. The molecule has 0 aliphatic carbocycles. The molecule has 0 radical (unpaired) electrons. The number of rotatable bonds is 8. The van der Waals surface area contributed by atoms with Gasteiger partial charge in [-0.15, -0.1) is 11.3 Å². The van der Waals surface area contributed by atoms with Gasteiger partial charge in [0.05, 0.1) is 67.9 Å². The zero-order chi connectivity index (χ0) is 85.0. The van der Waals surface area contributed by atoms with Gasteiger partial charge in [-0.25, -0.2) is 0 Å². The molecule has 0 unspecified atom stereocenters. The molecular weight excluding hydrogens is 1240 g/mol. The summed E-state index contributed by atoms with van der Waals surface area (Å²) in [6.45, 7) is 5.36. The normalized spacial score (nSPS) is 15.8. The van der Waals surface area contributed by atoms with Crippen LogP contribution in [0.15, 0.2) is 331 Å². The van der Waals surface area contributed by atoms with E-state index in [0.29, 0.717) is 78.2 Å². The number of furan rings is 1. The maximum Gasteiger partial charge on any atom is 0.252 e. The maximum atomic E-state index is 10.1. The predicted molar refractivity (Wildman–Crippen MR) is 430 cm³/mol. The number of para-hydroxylation sites is 6. The molecule has 0 bridgehead atoms. The molecule has 15 aromatic carbocycles. The molecule has 19 aromatic rings. The molecule has 2 aliphatic rings. The number of hydrogen-bond acceptors (Lipinski definition) is 4. The fourth-order valence-corrected chi connectivity index (χ4v) is 16.9. The highest BCUT2D eigenvalue weighted by molar-refractivity contribution is 7.25. The van der Waals surface area contributed by atoms with E-state index < -0.39 is 139 Å². The first-order valence-corrected chi connectivity index (χ1v) is 34.1. The van der Waals surface area contributed by atoms with E-state index in [2.05, 4.69) is 68.1 Å². The molecule has 0 N–H and O–H groups in total. The van der Waals surface area contributed by atoms with Gasteiger partial charge in [-0.1, -0.05) is 263 Å². The van der Waals surface area contributed by atoms with Crippen molar-refractivity contribution in [2.45, 2.75) is 26.2 Å². The lowest BCUT2D eigenvalue weighted by atomic mass is 9.33. The largest absolute Gasteiger partial charge is 0.453 e. The quantitative estimate of drug-likeness (QED) is 0.142. The topological polar surface area (TPSA) is 29.5 Å². The van der Waals surface area contributed by atoms with Crippen molar-refractivity contribution in [3.05, 3.63) is 333 Å². The molecule has 474 valence electrons. The van der Waals surface area contributed by atoms with E-state index in [1.807, 2.05) is 144 Å². The lowest BCUT2D eigenvalue weighted by Crippen LogP contribution is -2.61. The second kappa shape index (κ2) is 22.0. The van der Waals surface area contributed by atoms with E-state index in [4.69, 9.17) is 11.3 Å². The Hall–Kier alpha value is -12.4. The zero-order valence-corrected chi connectivity index (χ0v) is 55.1. The van der Waals surface area contributed by atoms with Crippen LogP contribution >= 0.6 is 11.3 Å². The number of thiophene rings is 1. The van der Waals surface area contributed by atoms with Gasteiger partial charge in [-0.05, 0) is 140 Å². The molecule has 0 saturated carbocycles. The minimum atomic E-state index is -0.991. The molecule has 0 amide bonds. The smallest absolute Gasteiger partial charge is 0.252 e. The first-order chi connectivity index (χ1) is 58.5. The van der Waals surface area contributed by atoms with E-state index in [-0.39, 0.29) is 66.1 Å². The van der Waals surface area contributed by atoms with Crippen LogP contribution < -0.4 is 26.2 Å². The predicted octanol–water partition coefficient (Wildman–Crippen LogP) is 24.2. The van der Waals surface area contributed by atoms with Crippen LogP contribution in [-0.4, -0.2) is 15.8 Å². The number of anilines is 6. The van der Waals surface area contributed by atoms with Crippen molar-refractivity contribution in [1.82, 2.24) is 9.13 Å². The van der Waals surface area contributed by atoms with Crippen molar-refractivity contribution in [2.24, 2.45) is 0 Å². The van der Waals surface area contributed by atoms with Crippen molar-refractivity contribution in [3.8, 4) is 55.9 Å². The third kappa shape index (κ3) is 8.70. The minimum Gasteiger partial charge on any atom is -0.453 e. The average Bonchev–Trinajstić information content (AvgIpc) is 1.37. The van der Waals surface area contributed by atoms with Crippen molar-refractivity contribution < 1.29 is 33.2 Å². The Balaban J connectivity index is 0.981. The van der Waals surface area contributed by atoms with Crippen LogP contribution in [0, 0.1) is 0 Å². The van der Waals surface area contributed by atoms with Crippen LogP contribution in [0.2, 0.25) is 0 Å². The number of nitrogens with zero attached hydrogens (tertiary/aromatic N) is 4. The van der Waals surface area contributed by atoms with Crippen molar-refractivity contribution in [1.29, 1.82) is 0 Å². The molecule has 2 aliphatic heterocycles. The molecule has 0 spiro atoms. The van der Waals surface area contributed by atoms with Gasteiger partial charge in [-0.2, -0.15) is 0 Å². The molecule has 0 saturated heterocycles. The Kier molecular flexibility index (Phi) is 8.83. The summed E-state index contributed by atoms with van der Waals surface area (Å²) in [4.78, 5) is 4.06. The highest BCUT2D eigenvalue weighted by Crippen LogP contribution is 2.54. The minimum absolute atomic E-state index is 0.0892. The van der Waals surface area contributed by atoms with Crippen LogP contribution in [0.4, 0.5) is 34.1 Å². The zero-order valence-electron chi connectivity index (χ0n) is 75.2. The summed E-state index contributed by atoms with van der Waals surface area (Å²) in [5.74, 6) is 0. The van der Waals surface area contributed by atoms with Crippen LogP contribution in [0.25, 0.3) is 142 Å². The van der Waals surface area contributed by atoms with Crippen molar-refractivity contribution in [3.63, 3.8) is 0 Å². The Morgan fingerprint density at radius 2 is 0.842 bits per heavy atom. The summed E-state index contributed by atoms with van der Waals surface area (Å²) >= 11 is 1.68. The summed E-state index contributed by atoms with van der Waals surface area (Å²) in [5, 5.41) is 2.92. The first-order valence-electron chi connectivity index (χ1n) is 43.8. The van der Waals surface area contributed by atoms with Crippen LogP contribution in [0.5, 0.6) is 0 Å². The second-order valence-corrected chi connectivity index (χ2v) is 27.8. The van der Waals surface area contributed by atoms with Crippen LogP contribution in [-0.2, 0) is 5.41 Å². The summed E-state index contributed by atoms with van der Waals surface area (Å²) in [7, 11) is 0. The van der Waals surface area contributed by atoms with E-state index in [1.54, 1.807) is 29.5 Å². The number of fused-ring (bicyclic) bond motifs is 16. The molecule has 21 rings (SSSR count). The van der Waals surface area contributed by atoms with Gasteiger partial charge < -0.3 is 23.4 Å². The van der Waals surface area contributed by atoms with Gasteiger partial charge in [0, 0.05) is 97.6 Å². The van der Waals surface area contributed by atoms with E-state index in [9.17, 15) is 21.9 Å². The SMILES string of the molecule is [2H]c1c([2H])c([2H])c(-c2ccc3c(c2)N(c2cccc4c2oc2c(-c5ccc6c(c5)sc5ccccc56)cccc24)c2cc(-n4c5c([2H])c([2H])c([2H])c([2H])c5c5c([2H])c([2H])c([2H])c([2H])c54)cc4c2B3c2ccc(-n3c5c([2H])c([2H])c([2H])c([2H])c5c5c([2H])c([2H])c([2H])c([2H])c53)cc2N4c2c(-c3ccccc3)cc(C(C)(C)C)cc2-c2ccccc2)c([2H])c1[2H]. The second-order valence-electron chi connectivity index (χ2n) is 26.7. The third-order valence-electron chi connectivity index (χ3n) is 20.2. The highest BCUT2D eigenvalue weighted by atomic mass is 32.1. The maximum absolute atomic E-state index is 10.1. The Labute approximate surface area is 618 Å². The molecule has 0 atom stereocenters. The molecule has 4 aromatic heterocycles. The van der Waals surface area contributed by atoms with Gasteiger partial charge >= 0.3 is 0 Å². The molecular formula is C94H63BN4OS. The van der Waals surface area contributed by atoms with Gasteiger partial charge in [-0.3, -0.25) is 0 Å².